The van der Waals surface area contributed by atoms with E-state index in [0.717, 1.165) is 43.6 Å². The van der Waals surface area contributed by atoms with Crippen molar-refractivity contribution < 1.29 is 0 Å². The zero-order valence-corrected chi connectivity index (χ0v) is 14.9. The monoisotopic (exact) mass is 347 g/mol. The summed E-state index contributed by atoms with van der Waals surface area (Å²) in [6, 6.07) is 19.7. The average molecular weight is 347 g/mol. The van der Waals surface area contributed by atoms with E-state index in [2.05, 4.69) is 52.0 Å². The smallest absolute Gasteiger partial charge is 0.0995 e. The molecule has 0 bridgehead atoms. The van der Waals surface area contributed by atoms with E-state index in [4.69, 9.17) is 0 Å². The molecule has 0 unspecified atom stereocenters. The standard InChI is InChI=1S/C21H21N3S/c22-14-17-3-1-2-4-18(17)15-24(19-7-10-23-11-8-19)20-5-6-21-16(13-20)9-12-25-21/h1-6,9,12-13,19,23H,7-8,10-11,15H2. The lowest BCUT2D eigenvalue weighted by molar-refractivity contribution is 0.428. The van der Waals surface area contributed by atoms with Crippen LogP contribution in [0.15, 0.2) is 53.9 Å². The third-order valence-corrected chi connectivity index (χ3v) is 5.89. The molecule has 0 radical (unpaired) electrons. The van der Waals surface area contributed by atoms with Gasteiger partial charge in [-0.25, -0.2) is 0 Å². The van der Waals surface area contributed by atoms with Gasteiger partial charge in [0, 0.05) is 23.0 Å². The van der Waals surface area contributed by atoms with Crippen LogP contribution in [0.1, 0.15) is 24.0 Å². The Morgan fingerprint density at radius 1 is 1.12 bits per heavy atom. The highest BCUT2D eigenvalue weighted by Gasteiger charge is 2.22. The number of rotatable bonds is 4. The Morgan fingerprint density at radius 3 is 2.80 bits per heavy atom. The van der Waals surface area contributed by atoms with Crippen molar-refractivity contribution in [2.75, 3.05) is 18.0 Å². The minimum atomic E-state index is 0.504. The number of anilines is 1. The summed E-state index contributed by atoms with van der Waals surface area (Å²) in [7, 11) is 0. The fourth-order valence-corrected chi connectivity index (χ4v) is 4.40. The average Bonchev–Trinajstić information content (AvgIpc) is 3.15. The molecule has 0 saturated carbocycles. The SMILES string of the molecule is N#Cc1ccccc1CN(c1ccc2sccc2c1)C1CCNCC1. The molecule has 1 aromatic heterocycles. The van der Waals surface area contributed by atoms with Crippen LogP contribution in [0.5, 0.6) is 0 Å². The van der Waals surface area contributed by atoms with Crippen LogP contribution in [-0.2, 0) is 6.54 Å². The van der Waals surface area contributed by atoms with Crippen LogP contribution in [0, 0.1) is 11.3 Å². The number of nitrogens with one attached hydrogen (secondary N) is 1. The number of thiophene rings is 1. The topological polar surface area (TPSA) is 39.1 Å². The van der Waals surface area contributed by atoms with Gasteiger partial charge >= 0.3 is 0 Å². The lowest BCUT2D eigenvalue weighted by Crippen LogP contribution is -2.43. The number of nitrogens with zero attached hydrogens (tertiary/aromatic N) is 2. The molecule has 3 nitrogen and oxygen atoms in total. The van der Waals surface area contributed by atoms with Gasteiger partial charge in [-0.2, -0.15) is 5.26 Å². The van der Waals surface area contributed by atoms with E-state index in [9.17, 15) is 5.26 Å². The highest BCUT2D eigenvalue weighted by molar-refractivity contribution is 7.17. The van der Waals surface area contributed by atoms with E-state index in [0.29, 0.717) is 6.04 Å². The summed E-state index contributed by atoms with van der Waals surface area (Å²) < 4.78 is 1.33. The molecule has 1 fully saturated rings. The Morgan fingerprint density at radius 2 is 1.96 bits per heavy atom. The highest BCUT2D eigenvalue weighted by atomic mass is 32.1. The van der Waals surface area contributed by atoms with E-state index in [1.807, 2.05) is 18.2 Å². The Labute approximate surface area is 152 Å². The zero-order chi connectivity index (χ0) is 17.1. The van der Waals surface area contributed by atoms with Crippen molar-refractivity contribution in [3.05, 3.63) is 65.0 Å². The van der Waals surface area contributed by atoms with Crippen LogP contribution in [0.2, 0.25) is 0 Å². The molecule has 0 spiro atoms. The van der Waals surface area contributed by atoms with Crippen molar-refractivity contribution >= 4 is 27.1 Å². The summed E-state index contributed by atoms with van der Waals surface area (Å²) in [6.45, 7) is 2.90. The maximum absolute atomic E-state index is 9.45. The van der Waals surface area contributed by atoms with E-state index >= 15 is 0 Å². The van der Waals surface area contributed by atoms with Gasteiger partial charge < -0.3 is 10.2 Å². The Kier molecular flexibility index (Phi) is 4.69. The van der Waals surface area contributed by atoms with Crippen LogP contribution in [0.3, 0.4) is 0 Å². The molecule has 0 aliphatic carbocycles. The highest BCUT2D eigenvalue weighted by Crippen LogP contribution is 2.30. The minimum absolute atomic E-state index is 0.504. The summed E-state index contributed by atoms with van der Waals surface area (Å²) in [6.07, 6.45) is 2.27. The first-order valence-corrected chi connectivity index (χ1v) is 9.66. The van der Waals surface area contributed by atoms with Crippen molar-refractivity contribution in [3.63, 3.8) is 0 Å². The van der Waals surface area contributed by atoms with Gasteiger partial charge in [0.25, 0.3) is 0 Å². The first-order valence-electron chi connectivity index (χ1n) is 8.78. The number of fused-ring (bicyclic) bond motifs is 1. The molecule has 4 rings (SSSR count). The number of hydrogen-bond donors (Lipinski definition) is 1. The van der Waals surface area contributed by atoms with Gasteiger partial charge in [-0.15, -0.1) is 11.3 Å². The van der Waals surface area contributed by atoms with E-state index in [1.165, 1.54) is 15.8 Å². The third-order valence-electron chi connectivity index (χ3n) is 5.00. The molecule has 126 valence electrons. The van der Waals surface area contributed by atoms with Crippen LogP contribution in [0.4, 0.5) is 5.69 Å². The minimum Gasteiger partial charge on any atom is -0.364 e. The van der Waals surface area contributed by atoms with Crippen molar-refractivity contribution in [1.29, 1.82) is 5.26 Å². The van der Waals surface area contributed by atoms with Gasteiger partial charge in [-0.05, 0) is 72.6 Å². The van der Waals surface area contributed by atoms with Gasteiger partial charge in [0.2, 0.25) is 0 Å². The molecule has 4 heteroatoms. The van der Waals surface area contributed by atoms with E-state index in [-0.39, 0.29) is 0 Å². The third kappa shape index (κ3) is 3.39. The molecule has 2 aromatic carbocycles. The van der Waals surface area contributed by atoms with Crippen LogP contribution >= 0.6 is 11.3 Å². The largest absolute Gasteiger partial charge is 0.364 e. The number of benzene rings is 2. The van der Waals surface area contributed by atoms with Gasteiger partial charge in [-0.3, -0.25) is 0 Å². The number of hydrogen-bond acceptors (Lipinski definition) is 4. The lowest BCUT2D eigenvalue weighted by atomic mass is 10.0. The molecule has 0 amide bonds. The molecule has 1 aliphatic heterocycles. The number of piperidine rings is 1. The Hall–Kier alpha value is -2.35. The molecule has 1 aliphatic rings. The van der Waals surface area contributed by atoms with Crippen molar-refractivity contribution in [2.45, 2.75) is 25.4 Å². The quantitative estimate of drug-likeness (QED) is 0.753. The summed E-state index contributed by atoms with van der Waals surface area (Å²) in [5.41, 5.74) is 3.14. The fraction of sp³-hybridized carbons (Fsp3) is 0.286. The molecular weight excluding hydrogens is 326 g/mol. The van der Waals surface area contributed by atoms with Crippen LogP contribution in [0.25, 0.3) is 10.1 Å². The first-order chi connectivity index (χ1) is 12.3. The predicted molar refractivity (Wildman–Crippen MR) is 105 cm³/mol. The first kappa shape index (κ1) is 16.1. The van der Waals surface area contributed by atoms with Gasteiger partial charge in [0.1, 0.15) is 0 Å². The van der Waals surface area contributed by atoms with Crippen molar-refractivity contribution in [2.24, 2.45) is 0 Å². The molecule has 2 heterocycles. The molecule has 25 heavy (non-hydrogen) atoms. The predicted octanol–water partition coefficient (Wildman–Crippen LogP) is 4.53. The molecule has 0 atom stereocenters. The molecule has 1 N–H and O–H groups in total. The summed E-state index contributed by atoms with van der Waals surface area (Å²) >= 11 is 1.78. The second-order valence-corrected chi connectivity index (χ2v) is 7.47. The van der Waals surface area contributed by atoms with Crippen molar-refractivity contribution in [3.8, 4) is 6.07 Å². The molecule has 3 aromatic rings. The summed E-state index contributed by atoms with van der Waals surface area (Å²) in [5.74, 6) is 0. The van der Waals surface area contributed by atoms with Crippen LogP contribution < -0.4 is 10.2 Å². The van der Waals surface area contributed by atoms with E-state index in [1.54, 1.807) is 11.3 Å². The van der Waals surface area contributed by atoms with E-state index < -0.39 is 0 Å². The molecule has 1 saturated heterocycles. The number of nitriles is 1. The zero-order valence-electron chi connectivity index (χ0n) is 14.1. The summed E-state index contributed by atoms with van der Waals surface area (Å²) in [5, 5.41) is 16.4. The maximum Gasteiger partial charge on any atom is 0.0995 e. The van der Waals surface area contributed by atoms with Crippen molar-refractivity contribution in [1.82, 2.24) is 5.32 Å². The van der Waals surface area contributed by atoms with Gasteiger partial charge in [0.05, 0.1) is 11.6 Å². The molecular formula is C21H21N3S. The second kappa shape index (κ2) is 7.26. The van der Waals surface area contributed by atoms with Gasteiger partial charge in [0.15, 0.2) is 0 Å². The van der Waals surface area contributed by atoms with Gasteiger partial charge in [-0.1, -0.05) is 18.2 Å². The fourth-order valence-electron chi connectivity index (χ4n) is 3.63. The second-order valence-electron chi connectivity index (χ2n) is 6.52. The Bertz CT molecular complexity index is 903. The lowest BCUT2D eigenvalue weighted by Gasteiger charge is -2.37. The Balaban J connectivity index is 1.71. The normalized spacial score (nSPS) is 15.2. The summed E-state index contributed by atoms with van der Waals surface area (Å²) in [4.78, 5) is 2.49. The maximum atomic E-state index is 9.45. The van der Waals surface area contributed by atoms with Crippen LogP contribution in [-0.4, -0.2) is 19.1 Å².